The first-order chi connectivity index (χ1) is 24.3. The molecule has 16 heteroatoms. The fraction of sp³-hybridized carbons (Fsp3) is 0.400. The second-order valence-electron chi connectivity index (χ2n) is 12.8. The SMILES string of the molecule is CC(C)[C@H](N)C(=O)N1C(=O)CC[C@H]1C(=O)SN[C@@H](Cc1ccccc1)C(=O)N[C@@H](Cc1c[nH]c2ccccc12)C(=O)N[C@@H](CCC(N)=O)C(N)=O. The van der Waals surface area contributed by atoms with Crippen LogP contribution < -0.4 is 32.6 Å². The predicted molar refractivity (Wildman–Crippen MR) is 191 cm³/mol. The van der Waals surface area contributed by atoms with E-state index in [0.717, 1.165) is 21.4 Å². The predicted octanol–water partition coefficient (Wildman–Crippen LogP) is 0.307. The molecule has 0 radical (unpaired) electrons. The van der Waals surface area contributed by atoms with Gasteiger partial charge in [0.05, 0.1) is 6.04 Å². The summed E-state index contributed by atoms with van der Waals surface area (Å²) >= 11 is 0.592. The van der Waals surface area contributed by atoms with Gasteiger partial charge >= 0.3 is 0 Å². The van der Waals surface area contributed by atoms with E-state index >= 15 is 0 Å². The lowest BCUT2D eigenvalue weighted by Gasteiger charge is -2.27. The van der Waals surface area contributed by atoms with Gasteiger partial charge in [0.1, 0.15) is 24.2 Å². The number of fused-ring (bicyclic) bond motifs is 1. The van der Waals surface area contributed by atoms with Gasteiger partial charge < -0.3 is 32.8 Å². The van der Waals surface area contributed by atoms with Crippen LogP contribution >= 0.6 is 11.9 Å². The van der Waals surface area contributed by atoms with Gasteiger partial charge in [0, 0.05) is 36.4 Å². The van der Waals surface area contributed by atoms with Crippen LogP contribution in [0.1, 0.15) is 50.7 Å². The van der Waals surface area contributed by atoms with Gasteiger partial charge in [-0.25, -0.2) is 4.72 Å². The Morgan fingerprint density at radius 2 is 1.55 bits per heavy atom. The van der Waals surface area contributed by atoms with Crippen molar-refractivity contribution in [3.8, 4) is 0 Å². The molecule has 5 atom stereocenters. The number of hydrogen-bond donors (Lipinski definition) is 7. The monoisotopic (exact) mass is 720 g/mol. The van der Waals surface area contributed by atoms with Crippen LogP contribution in [0, 0.1) is 5.92 Å². The number of rotatable bonds is 17. The van der Waals surface area contributed by atoms with Gasteiger partial charge in [-0.05, 0) is 54.3 Å². The van der Waals surface area contributed by atoms with Crippen LogP contribution in [0.15, 0.2) is 60.8 Å². The third-order valence-electron chi connectivity index (χ3n) is 8.70. The molecule has 15 nitrogen and oxygen atoms in total. The van der Waals surface area contributed by atoms with E-state index in [-0.39, 0.29) is 44.4 Å². The van der Waals surface area contributed by atoms with E-state index in [1.165, 1.54) is 0 Å². The van der Waals surface area contributed by atoms with Crippen LogP contribution in [0.2, 0.25) is 0 Å². The molecule has 10 N–H and O–H groups in total. The number of nitrogens with zero attached hydrogens (tertiary/aromatic N) is 1. The molecule has 1 fully saturated rings. The van der Waals surface area contributed by atoms with Crippen LogP contribution in [0.3, 0.4) is 0 Å². The Hall–Kier alpha value is -5.06. The van der Waals surface area contributed by atoms with E-state index < -0.39 is 70.8 Å². The highest BCUT2D eigenvalue weighted by atomic mass is 32.2. The third kappa shape index (κ3) is 10.2. The molecule has 2 aromatic carbocycles. The zero-order valence-corrected chi connectivity index (χ0v) is 29.2. The molecule has 272 valence electrons. The Morgan fingerprint density at radius 3 is 2.22 bits per heavy atom. The van der Waals surface area contributed by atoms with Crippen LogP contribution in [-0.4, -0.2) is 80.7 Å². The molecule has 1 saturated heterocycles. The number of primary amides is 2. The highest BCUT2D eigenvalue weighted by Gasteiger charge is 2.43. The van der Waals surface area contributed by atoms with Gasteiger partial charge in [0.25, 0.3) is 0 Å². The number of H-pyrrole nitrogens is 1. The number of imide groups is 1. The van der Waals surface area contributed by atoms with Crippen molar-refractivity contribution in [2.24, 2.45) is 23.1 Å². The van der Waals surface area contributed by atoms with E-state index in [0.29, 0.717) is 17.5 Å². The van der Waals surface area contributed by atoms with Crippen molar-refractivity contribution < 1.29 is 33.6 Å². The molecule has 51 heavy (non-hydrogen) atoms. The number of likely N-dealkylation sites (tertiary alicyclic amines) is 1. The molecule has 0 saturated carbocycles. The maximum absolute atomic E-state index is 14.0. The molecule has 0 spiro atoms. The van der Waals surface area contributed by atoms with E-state index in [4.69, 9.17) is 17.2 Å². The summed E-state index contributed by atoms with van der Waals surface area (Å²) in [4.78, 5) is 94.6. The average Bonchev–Trinajstić information content (AvgIpc) is 3.70. The number of hydrogen-bond acceptors (Lipinski definition) is 10. The standard InChI is InChI=1S/C35H44N8O7S/c1-19(2)30(37)34(49)43-27(13-15-29(43)45)35(50)51-42-26(16-20-8-4-3-5-9-20)33(48)41-25(17-21-18-39-23-11-7-6-10-22(21)23)32(47)40-24(31(38)46)12-14-28(36)44/h3-11,18-19,24-27,30,39,42H,12-17,37H2,1-2H3,(H2,36,44)(H2,38,46)(H,40,47)(H,41,48)/t24-,25-,26-,27-,30-/m0/s1. The van der Waals surface area contributed by atoms with Gasteiger partial charge in [-0.1, -0.05) is 62.4 Å². The summed E-state index contributed by atoms with van der Waals surface area (Å²) in [5.74, 6) is -4.34. The molecule has 6 amide bonds. The lowest BCUT2D eigenvalue weighted by atomic mass is 10.0. The van der Waals surface area contributed by atoms with Crippen molar-refractivity contribution in [3.05, 3.63) is 71.9 Å². The smallest absolute Gasteiger partial charge is 0.247 e. The van der Waals surface area contributed by atoms with Crippen LogP contribution in [-0.2, 0) is 46.4 Å². The van der Waals surface area contributed by atoms with Gasteiger partial charge in [0.15, 0.2) is 0 Å². The maximum Gasteiger partial charge on any atom is 0.247 e. The molecular formula is C35H44N8O7S. The maximum atomic E-state index is 14.0. The molecule has 2 heterocycles. The quantitative estimate of drug-likeness (QED) is 0.0940. The number of nitrogens with two attached hydrogens (primary N) is 3. The molecule has 0 aliphatic carbocycles. The summed E-state index contributed by atoms with van der Waals surface area (Å²) in [5, 5.41) is 5.58. The van der Waals surface area contributed by atoms with Gasteiger partial charge in [-0.2, -0.15) is 0 Å². The fourth-order valence-electron chi connectivity index (χ4n) is 5.71. The molecule has 3 aromatic rings. The molecular weight excluding hydrogens is 677 g/mol. The van der Waals surface area contributed by atoms with Crippen molar-refractivity contribution in [3.63, 3.8) is 0 Å². The molecule has 1 aliphatic rings. The van der Waals surface area contributed by atoms with E-state index in [1.54, 1.807) is 44.3 Å². The zero-order valence-electron chi connectivity index (χ0n) is 28.4. The summed E-state index contributed by atoms with van der Waals surface area (Å²) < 4.78 is 2.91. The Labute approximate surface area is 299 Å². The molecule has 4 rings (SSSR count). The number of para-hydroxylation sites is 1. The summed E-state index contributed by atoms with van der Waals surface area (Å²) in [6, 6.07) is 10.8. The zero-order chi connectivity index (χ0) is 37.2. The minimum Gasteiger partial charge on any atom is -0.370 e. The molecule has 0 unspecified atom stereocenters. The second kappa shape index (κ2) is 17.7. The number of aromatic nitrogens is 1. The van der Waals surface area contributed by atoms with Crippen molar-refractivity contribution in [2.45, 2.75) is 82.6 Å². The number of carbonyl (C=O) groups is 7. The lowest BCUT2D eigenvalue weighted by Crippen LogP contribution is -2.56. The second-order valence-corrected chi connectivity index (χ2v) is 13.6. The highest BCUT2D eigenvalue weighted by Crippen LogP contribution is 2.25. The van der Waals surface area contributed by atoms with Crippen LogP contribution in [0.5, 0.6) is 0 Å². The number of aromatic amines is 1. The number of benzene rings is 2. The number of amides is 6. The highest BCUT2D eigenvalue weighted by molar-refractivity contribution is 8.12. The van der Waals surface area contributed by atoms with Gasteiger partial charge in [-0.15, -0.1) is 0 Å². The minimum absolute atomic E-state index is 0.00216. The van der Waals surface area contributed by atoms with E-state index in [2.05, 4.69) is 20.3 Å². The van der Waals surface area contributed by atoms with E-state index in [1.807, 2.05) is 30.3 Å². The van der Waals surface area contributed by atoms with Gasteiger partial charge in [-0.3, -0.25) is 38.5 Å². The van der Waals surface area contributed by atoms with Crippen molar-refractivity contribution in [1.82, 2.24) is 25.2 Å². The van der Waals surface area contributed by atoms with Crippen LogP contribution in [0.4, 0.5) is 0 Å². The summed E-state index contributed by atoms with van der Waals surface area (Å²) in [6.07, 6.45) is 1.59. The van der Waals surface area contributed by atoms with Crippen molar-refractivity contribution in [1.29, 1.82) is 0 Å². The topological polar surface area (TPSA) is 253 Å². The fourth-order valence-corrected chi connectivity index (χ4v) is 6.52. The van der Waals surface area contributed by atoms with E-state index in [9.17, 15) is 33.6 Å². The first-order valence-corrected chi connectivity index (χ1v) is 17.4. The largest absolute Gasteiger partial charge is 0.370 e. The Morgan fingerprint density at radius 1 is 0.902 bits per heavy atom. The minimum atomic E-state index is -1.23. The van der Waals surface area contributed by atoms with Gasteiger partial charge in [0.2, 0.25) is 40.6 Å². The Kier molecular flexibility index (Phi) is 13.5. The lowest BCUT2D eigenvalue weighted by molar-refractivity contribution is -0.147. The summed E-state index contributed by atoms with van der Waals surface area (Å²) in [7, 11) is 0. The molecule has 0 bridgehead atoms. The summed E-state index contributed by atoms with van der Waals surface area (Å²) in [5.41, 5.74) is 19.0. The first kappa shape index (κ1) is 38.7. The number of carbonyl (C=O) groups excluding carboxylic acids is 7. The molecule has 1 aliphatic heterocycles. The Balaban J connectivity index is 1.57. The average molecular weight is 721 g/mol. The number of nitrogens with one attached hydrogen (secondary N) is 4. The van der Waals surface area contributed by atoms with Crippen molar-refractivity contribution >= 4 is 63.4 Å². The normalized spacial score (nSPS) is 16.7. The molecule has 1 aromatic heterocycles. The third-order valence-corrected chi connectivity index (χ3v) is 9.57. The Bertz CT molecular complexity index is 1760. The van der Waals surface area contributed by atoms with Crippen LogP contribution in [0.25, 0.3) is 10.9 Å². The first-order valence-electron chi connectivity index (χ1n) is 16.6. The van der Waals surface area contributed by atoms with Crippen molar-refractivity contribution in [2.75, 3.05) is 0 Å². The summed E-state index contributed by atoms with van der Waals surface area (Å²) in [6.45, 7) is 3.48.